The van der Waals surface area contributed by atoms with Gasteiger partial charge in [0.1, 0.15) is 11.8 Å². The molecule has 4 aliphatic rings. The van der Waals surface area contributed by atoms with Crippen LogP contribution in [0.3, 0.4) is 0 Å². The van der Waals surface area contributed by atoms with Gasteiger partial charge in [0, 0.05) is 30.6 Å². The van der Waals surface area contributed by atoms with Crippen molar-refractivity contribution in [1.82, 2.24) is 4.90 Å². The summed E-state index contributed by atoms with van der Waals surface area (Å²) in [6, 6.07) is 13.6. The molecule has 40 heavy (non-hydrogen) atoms. The molecule has 2 aromatic carbocycles. The van der Waals surface area contributed by atoms with Crippen molar-refractivity contribution < 1.29 is 24.2 Å². The second-order valence-corrected chi connectivity index (χ2v) is 12.1. The van der Waals surface area contributed by atoms with E-state index in [1.807, 2.05) is 61.6 Å². The molecule has 4 aliphatic heterocycles. The van der Waals surface area contributed by atoms with Crippen LogP contribution in [-0.2, 0) is 14.4 Å². The Morgan fingerprint density at radius 3 is 2.48 bits per heavy atom. The highest BCUT2D eigenvalue weighted by Gasteiger charge is 2.71. The maximum Gasteiger partial charge on any atom is 0.251 e. The van der Waals surface area contributed by atoms with Crippen LogP contribution in [0.2, 0.25) is 5.02 Å². The number of fused-ring (bicyclic) bond motifs is 2. The zero-order valence-corrected chi connectivity index (χ0v) is 23.6. The quantitative estimate of drug-likeness (QED) is 0.527. The Morgan fingerprint density at radius 1 is 1.00 bits per heavy atom. The number of thioether (sulfide) groups is 1. The minimum absolute atomic E-state index is 0.00226. The molecule has 0 bridgehead atoms. The Balaban J connectivity index is 1.40. The van der Waals surface area contributed by atoms with Gasteiger partial charge in [0.2, 0.25) is 11.8 Å². The summed E-state index contributed by atoms with van der Waals surface area (Å²) in [6.07, 6.45) is 7.83. The first-order valence-corrected chi connectivity index (χ1v) is 14.7. The van der Waals surface area contributed by atoms with Crippen molar-refractivity contribution in [2.75, 3.05) is 42.6 Å². The molecule has 3 amide bonds. The molecular formula is C30H30ClN3O5S. The molecule has 0 aliphatic carbocycles. The molecule has 2 aromatic rings. The van der Waals surface area contributed by atoms with Gasteiger partial charge in [-0.1, -0.05) is 48.0 Å². The Labute approximate surface area is 242 Å². The first kappa shape index (κ1) is 26.9. The SMILES string of the molecule is CCOc1ccc(N2CC=C[C@@H]3S[C@]45C=CCN(c6ccccc6Cl)C(=O)C4N(CCO)C(=O)[C@@H]5[C@@H]3C2=O)cc1. The second kappa shape index (κ2) is 10.6. The molecule has 208 valence electrons. The van der Waals surface area contributed by atoms with Crippen molar-refractivity contribution in [1.29, 1.82) is 0 Å². The van der Waals surface area contributed by atoms with Gasteiger partial charge < -0.3 is 24.5 Å². The molecular weight excluding hydrogens is 550 g/mol. The normalized spacial score (nSPS) is 29.3. The van der Waals surface area contributed by atoms with Crippen molar-refractivity contribution in [3.63, 3.8) is 0 Å². The van der Waals surface area contributed by atoms with Crippen LogP contribution in [0.4, 0.5) is 11.4 Å². The molecule has 6 rings (SSSR count). The number of amides is 3. The third kappa shape index (κ3) is 4.14. The van der Waals surface area contributed by atoms with Gasteiger partial charge in [-0.15, -0.1) is 11.8 Å². The number of carbonyl (C=O) groups excluding carboxylic acids is 3. The van der Waals surface area contributed by atoms with Crippen LogP contribution in [0.15, 0.2) is 72.8 Å². The van der Waals surface area contributed by atoms with Crippen molar-refractivity contribution in [2.45, 2.75) is 23.0 Å². The number of hydrogen-bond acceptors (Lipinski definition) is 6. The zero-order chi connectivity index (χ0) is 28.0. The summed E-state index contributed by atoms with van der Waals surface area (Å²) in [5.41, 5.74) is 1.28. The number of likely N-dealkylation sites (tertiary alicyclic amines) is 1. The molecule has 0 saturated carbocycles. The fraction of sp³-hybridized carbons (Fsp3) is 0.367. The van der Waals surface area contributed by atoms with E-state index in [4.69, 9.17) is 16.3 Å². The fourth-order valence-corrected chi connectivity index (χ4v) is 8.74. The van der Waals surface area contributed by atoms with E-state index in [1.54, 1.807) is 28.0 Å². The maximum atomic E-state index is 14.3. The van der Waals surface area contributed by atoms with E-state index in [1.165, 1.54) is 16.7 Å². The van der Waals surface area contributed by atoms with Crippen LogP contribution in [0.1, 0.15) is 6.92 Å². The largest absolute Gasteiger partial charge is 0.494 e. The van der Waals surface area contributed by atoms with Gasteiger partial charge in [0.05, 0.1) is 40.5 Å². The lowest BCUT2D eigenvalue weighted by Crippen LogP contribution is -2.53. The number of halogens is 1. The first-order chi connectivity index (χ1) is 19.4. The summed E-state index contributed by atoms with van der Waals surface area (Å²) in [4.78, 5) is 47.4. The fourth-order valence-electron chi connectivity index (χ4n) is 6.49. The number of β-amino-alcohol motifs (C(OH)–C–C–N with tert-alkyl or cyclic N) is 1. The highest BCUT2D eigenvalue weighted by Crippen LogP contribution is 2.61. The molecule has 0 radical (unpaired) electrons. The Hall–Kier alpha value is -3.27. The average molecular weight is 580 g/mol. The number of rotatable bonds is 6. The highest BCUT2D eigenvalue weighted by atomic mass is 35.5. The van der Waals surface area contributed by atoms with Gasteiger partial charge in [-0.25, -0.2) is 0 Å². The number of aliphatic hydroxyl groups is 1. The molecule has 8 nitrogen and oxygen atoms in total. The van der Waals surface area contributed by atoms with E-state index >= 15 is 0 Å². The van der Waals surface area contributed by atoms with Gasteiger partial charge >= 0.3 is 0 Å². The molecule has 2 fully saturated rings. The van der Waals surface area contributed by atoms with Gasteiger partial charge in [0.15, 0.2) is 0 Å². The second-order valence-electron chi connectivity index (χ2n) is 10.2. The Bertz CT molecular complexity index is 1400. The van der Waals surface area contributed by atoms with E-state index in [-0.39, 0.29) is 42.7 Å². The predicted molar refractivity (Wildman–Crippen MR) is 156 cm³/mol. The predicted octanol–water partition coefficient (Wildman–Crippen LogP) is 3.53. The van der Waals surface area contributed by atoms with Gasteiger partial charge in [-0.2, -0.15) is 0 Å². The third-order valence-corrected chi connectivity index (χ3v) is 10.2. The van der Waals surface area contributed by atoms with Crippen molar-refractivity contribution in [2.24, 2.45) is 11.8 Å². The molecule has 1 unspecified atom stereocenters. The van der Waals surface area contributed by atoms with Crippen LogP contribution >= 0.6 is 23.4 Å². The minimum atomic E-state index is -0.962. The smallest absolute Gasteiger partial charge is 0.251 e. The number of anilines is 2. The summed E-state index contributed by atoms with van der Waals surface area (Å²) in [7, 11) is 0. The van der Waals surface area contributed by atoms with Crippen LogP contribution in [0, 0.1) is 11.8 Å². The minimum Gasteiger partial charge on any atom is -0.494 e. The number of nitrogens with zero attached hydrogens (tertiary/aromatic N) is 3. The monoisotopic (exact) mass is 579 g/mol. The third-order valence-electron chi connectivity index (χ3n) is 8.10. The summed E-state index contributed by atoms with van der Waals surface area (Å²) < 4.78 is 4.60. The van der Waals surface area contributed by atoms with Gasteiger partial charge in [0.25, 0.3) is 5.91 Å². The maximum absolute atomic E-state index is 14.3. The van der Waals surface area contributed by atoms with E-state index in [0.29, 0.717) is 23.9 Å². The topological polar surface area (TPSA) is 90.4 Å². The molecule has 2 saturated heterocycles. The molecule has 4 heterocycles. The number of aliphatic hydroxyl groups excluding tert-OH is 1. The summed E-state index contributed by atoms with van der Waals surface area (Å²) in [6.45, 7) is 2.83. The van der Waals surface area contributed by atoms with E-state index in [2.05, 4.69) is 0 Å². The zero-order valence-electron chi connectivity index (χ0n) is 22.0. The van der Waals surface area contributed by atoms with Crippen LogP contribution < -0.4 is 14.5 Å². The molecule has 10 heteroatoms. The molecule has 1 N–H and O–H groups in total. The Kier molecular flexibility index (Phi) is 7.14. The molecule has 0 aromatic heterocycles. The van der Waals surface area contributed by atoms with E-state index in [9.17, 15) is 19.5 Å². The van der Waals surface area contributed by atoms with E-state index < -0.39 is 22.6 Å². The van der Waals surface area contributed by atoms with Crippen LogP contribution in [0.25, 0.3) is 0 Å². The number of ether oxygens (including phenoxy) is 1. The standard InChI is InChI=1S/C30H30ClN3O5S/c1-2-39-20-12-10-19(11-13-20)32-15-5-9-23-24(27(32)36)25-28(37)34(17-18-35)26-29(38)33(16-6-14-30(25,26)40-23)22-8-4-3-7-21(22)31/h3-14,23-26,35H,2,15-18H2,1H3/t23-,24+,25-,26?,30-/m0/s1. The van der Waals surface area contributed by atoms with Crippen LogP contribution in [0.5, 0.6) is 5.75 Å². The molecule has 5 atom stereocenters. The number of carbonyl (C=O) groups is 3. The lowest BCUT2D eigenvalue weighted by molar-refractivity contribution is -0.139. The lowest BCUT2D eigenvalue weighted by atomic mass is 9.78. The summed E-state index contributed by atoms with van der Waals surface area (Å²) in [5.74, 6) is -1.42. The van der Waals surface area contributed by atoms with Gasteiger partial charge in [-0.05, 0) is 43.3 Å². The summed E-state index contributed by atoms with van der Waals surface area (Å²) >= 11 is 7.99. The first-order valence-electron chi connectivity index (χ1n) is 13.4. The van der Waals surface area contributed by atoms with Crippen molar-refractivity contribution >= 4 is 52.5 Å². The molecule has 1 spiro atoms. The summed E-state index contributed by atoms with van der Waals surface area (Å²) in [5, 5.41) is 10.1. The Morgan fingerprint density at radius 2 is 1.75 bits per heavy atom. The lowest BCUT2D eigenvalue weighted by Gasteiger charge is -2.35. The number of hydrogen-bond donors (Lipinski definition) is 1. The average Bonchev–Trinajstić information content (AvgIpc) is 3.25. The van der Waals surface area contributed by atoms with Crippen LogP contribution in [-0.4, -0.2) is 76.6 Å². The number of para-hydroxylation sites is 1. The van der Waals surface area contributed by atoms with Gasteiger partial charge in [-0.3, -0.25) is 14.4 Å². The van der Waals surface area contributed by atoms with Crippen molar-refractivity contribution in [3.8, 4) is 5.75 Å². The number of benzene rings is 2. The highest BCUT2D eigenvalue weighted by molar-refractivity contribution is 8.02. The van der Waals surface area contributed by atoms with E-state index in [0.717, 1.165) is 11.4 Å². The van der Waals surface area contributed by atoms with Crippen molar-refractivity contribution in [3.05, 3.63) is 77.9 Å².